The van der Waals surface area contributed by atoms with Crippen LogP contribution in [0.25, 0.3) is 10.2 Å². The van der Waals surface area contributed by atoms with Gasteiger partial charge in [0.2, 0.25) is 10.0 Å². The molecule has 0 N–H and O–H groups in total. The molecule has 1 amide bonds. The summed E-state index contributed by atoms with van der Waals surface area (Å²) in [5.41, 5.74) is 3.70. The van der Waals surface area contributed by atoms with Gasteiger partial charge in [-0.3, -0.25) is 4.79 Å². The first-order valence-electron chi connectivity index (χ1n) is 11.2. The third kappa shape index (κ3) is 4.88. The number of thiazole rings is 1. The van der Waals surface area contributed by atoms with E-state index in [2.05, 4.69) is 30.6 Å². The highest BCUT2D eigenvalue weighted by atomic mass is 32.2. The van der Waals surface area contributed by atoms with Crippen LogP contribution in [0.4, 0.5) is 0 Å². The summed E-state index contributed by atoms with van der Waals surface area (Å²) in [6.45, 7) is 9.58. The molecule has 0 atom stereocenters. The Morgan fingerprint density at radius 3 is 2.39 bits per heavy atom. The topological polar surface area (TPSA) is 71.7 Å². The van der Waals surface area contributed by atoms with E-state index in [1.807, 2.05) is 11.5 Å². The van der Waals surface area contributed by atoms with Gasteiger partial charge in [0.1, 0.15) is 0 Å². The standard InChI is InChI=1S/C25H29N3O3S2/c1-4-13-28-23-19(3)16-18(2)17-22(23)32-25(28)26-24(29)20-9-11-21(12-10-20)33(30,31)27-14-7-5-6-8-15-27/h4,9-12,16-17H,1,5-8,13-15H2,2-3H3. The van der Waals surface area contributed by atoms with E-state index >= 15 is 0 Å². The van der Waals surface area contributed by atoms with Crippen LogP contribution in [0, 0.1) is 13.8 Å². The highest BCUT2D eigenvalue weighted by Gasteiger charge is 2.25. The number of carbonyl (C=O) groups excluding carboxylic acids is 1. The maximum atomic E-state index is 13.0. The molecule has 6 nitrogen and oxygen atoms in total. The van der Waals surface area contributed by atoms with Crippen LogP contribution >= 0.6 is 11.3 Å². The van der Waals surface area contributed by atoms with Crippen LogP contribution in [0.1, 0.15) is 47.2 Å². The van der Waals surface area contributed by atoms with E-state index in [4.69, 9.17) is 0 Å². The molecule has 4 rings (SSSR count). The third-order valence-corrected chi connectivity index (χ3v) is 8.86. The first kappa shape index (κ1) is 23.6. The summed E-state index contributed by atoms with van der Waals surface area (Å²) in [7, 11) is -3.55. The molecule has 1 aromatic heterocycles. The molecule has 1 aliphatic heterocycles. The lowest BCUT2D eigenvalue weighted by atomic mass is 10.1. The maximum Gasteiger partial charge on any atom is 0.279 e. The molecule has 0 aliphatic carbocycles. The Labute approximate surface area is 199 Å². The second-order valence-corrected chi connectivity index (χ2v) is 11.4. The summed E-state index contributed by atoms with van der Waals surface area (Å²) in [5, 5.41) is 0. The lowest BCUT2D eigenvalue weighted by Gasteiger charge is -2.19. The van der Waals surface area contributed by atoms with E-state index in [1.165, 1.54) is 23.5 Å². The Morgan fingerprint density at radius 1 is 1.09 bits per heavy atom. The molecule has 33 heavy (non-hydrogen) atoms. The normalized spacial score (nSPS) is 16.1. The summed E-state index contributed by atoms with van der Waals surface area (Å²) in [6.07, 6.45) is 5.67. The zero-order chi connectivity index (χ0) is 23.6. The van der Waals surface area contributed by atoms with Crippen molar-refractivity contribution in [3.63, 3.8) is 0 Å². The van der Waals surface area contributed by atoms with Crippen LogP contribution in [-0.2, 0) is 16.6 Å². The van der Waals surface area contributed by atoms with Crippen molar-refractivity contribution in [2.75, 3.05) is 13.1 Å². The molecule has 1 aliphatic rings. The number of nitrogens with zero attached hydrogens (tertiary/aromatic N) is 3. The number of aromatic nitrogens is 1. The predicted molar refractivity (Wildman–Crippen MR) is 133 cm³/mol. The summed E-state index contributed by atoms with van der Waals surface area (Å²) in [6, 6.07) is 10.3. The minimum absolute atomic E-state index is 0.218. The van der Waals surface area contributed by atoms with Gasteiger partial charge >= 0.3 is 0 Å². The van der Waals surface area contributed by atoms with E-state index in [0.717, 1.165) is 47.0 Å². The zero-order valence-electron chi connectivity index (χ0n) is 19.1. The monoisotopic (exact) mass is 483 g/mol. The van der Waals surface area contributed by atoms with E-state index in [0.29, 0.717) is 30.0 Å². The van der Waals surface area contributed by atoms with Crippen molar-refractivity contribution < 1.29 is 13.2 Å². The number of allylic oxidation sites excluding steroid dienone is 1. The smallest absolute Gasteiger partial charge is 0.279 e. The number of amides is 1. The molecular weight excluding hydrogens is 454 g/mol. The SMILES string of the molecule is C=CCn1c(=NC(=O)c2ccc(S(=O)(=O)N3CCCCCC3)cc2)sc2cc(C)cc(C)c21. The molecule has 2 heterocycles. The van der Waals surface area contributed by atoms with Gasteiger partial charge < -0.3 is 4.57 Å². The number of carbonyl (C=O) groups is 1. The minimum Gasteiger partial charge on any atom is -0.312 e. The van der Waals surface area contributed by atoms with Gasteiger partial charge in [0.15, 0.2) is 4.80 Å². The number of hydrogen-bond donors (Lipinski definition) is 0. The highest BCUT2D eigenvalue weighted by Crippen LogP contribution is 2.24. The Balaban J connectivity index is 1.67. The number of rotatable bonds is 5. The van der Waals surface area contributed by atoms with Gasteiger partial charge in [-0.15, -0.1) is 6.58 Å². The van der Waals surface area contributed by atoms with Gasteiger partial charge in [-0.05, 0) is 68.1 Å². The average Bonchev–Trinajstić information content (AvgIpc) is 2.95. The Bertz CT molecular complexity index is 1360. The second-order valence-electron chi connectivity index (χ2n) is 8.47. The Hall–Kier alpha value is -2.55. The molecule has 1 saturated heterocycles. The van der Waals surface area contributed by atoms with Crippen molar-refractivity contribution in [2.24, 2.45) is 4.99 Å². The van der Waals surface area contributed by atoms with Gasteiger partial charge in [0, 0.05) is 25.2 Å². The molecule has 8 heteroatoms. The zero-order valence-corrected chi connectivity index (χ0v) is 20.7. The van der Waals surface area contributed by atoms with E-state index in [-0.39, 0.29) is 4.90 Å². The van der Waals surface area contributed by atoms with Crippen molar-refractivity contribution >= 4 is 37.5 Å². The maximum absolute atomic E-state index is 13.0. The van der Waals surface area contributed by atoms with Crippen LogP contribution in [0.2, 0.25) is 0 Å². The fourth-order valence-corrected chi connectivity index (χ4v) is 7.06. The van der Waals surface area contributed by atoms with Gasteiger partial charge in [-0.2, -0.15) is 9.30 Å². The molecule has 174 valence electrons. The summed E-state index contributed by atoms with van der Waals surface area (Å²) < 4.78 is 30.6. The summed E-state index contributed by atoms with van der Waals surface area (Å²) >= 11 is 1.47. The van der Waals surface area contributed by atoms with E-state index in [9.17, 15) is 13.2 Å². The van der Waals surface area contributed by atoms with Crippen molar-refractivity contribution in [1.82, 2.24) is 8.87 Å². The molecule has 2 aromatic carbocycles. The largest absolute Gasteiger partial charge is 0.312 e. The first-order chi connectivity index (χ1) is 15.8. The van der Waals surface area contributed by atoms with Crippen molar-refractivity contribution in [1.29, 1.82) is 0 Å². The van der Waals surface area contributed by atoms with Crippen molar-refractivity contribution in [2.45, 2.75) is 51.0 Å². The number of hydrogen-bond acceptors (Lipinski definition) is 4. The van der Waals surface area contributed by atoms with Gasteiger partial charge in [-0.25, -0.2) is 8.42 Å². The van der Waals surface area contributed by atoms with Crippen LogP contribution in [0.15, 0.2) is 58.9 Å². The molecular formula is C25H29N3O3S2. The summed E-state index contributed by atoms with van der Waals surface area (Å²) in [4.78, 5) is 18.2. The molecule has 0 spiro atoms. The summed E-state index contributed by atoms with van der Waals surface area (Å²) in [5.74, 6) is -0.396. The van der Waals surface area contributed by atoms with E-state index < -0.39 is 15.9 Å². The fourth-order valence-electron chi connectivity index (χ4n) is 4.33. The fraction of sp³-hybridized carbons (Fsp3) is 0.360. The molecule has 0 saturated carbocycles. The predicted octanol–water partition coefficient (Wildman–Crippen LogP) is 4.81. The Morgan fingerprint density at radius 2 is 1.76 bits per heavy atom. The van der Waals surface area contributed by atoms with Crippen LogP contribution in [-0.4, -0.2) is 36.3 Å². The van der Waals surface area contributed by atoms with Crippen molar-refractivity contribution in [3.8, 4) is 0 Å². The first-order valence-corrected chi connectivity index (χ1v) is 13.5. The lowest BCUT2D eigenvalue weighted by Crippen LogP contribution is -2.31. The quantitative estimate of drug-likeness (QED) is 0.489. The number of benzene rings is 2. The molecule has 1 fully saturated rings. The van der Waals surface area contributed by atoms with Crippen LogP contribution < -0.4 is 4.80 Å². The van der Waals surface area contributed by atoms with E-state index in [1.54, 1.807) is 22.5 Å². The van der Waals surface area contributed by atoms with Crippen LogP contribution in [0.3, 0.4) is 0 Å². The highest BCUT2D eigenvalue weighted by molar-refractivity contribution is 7.89. The molecule has 0 bridgehead atoms. The van der Waals surface area contributed by atoms with Gasteiger partial charge in [-0.1, -0.05) is 36.3 Å². The second kappa shape index (κ2) is 9.75. The third-order valence-electron chi connectivity index (χ3n) is 5.92. The minimum atomic E-state index is -3.55. The van der Waals surface area contributed by atoms with Crippen LogP contribution in [0.5, 0.6) is 0 Å². The Kier molecular flexibility index (Phi) is 6.97. The van der Waals surface area contributed by atoms with Gasteiger partial charge in [0.05, 0.1) is 15.1 Å². The van der Waals surface area contributed by atoms with Gasteiger partial charge in [0.25, 0.3) is 5.91 Å². The molecule has 0 radical (unpaired) electrons. The van der Waals surface area contributed by atoms with Crippen molar-refractivity contribution in [3.05, 3.63) is 70.5 Å². The number of sulfonamides is 1. The molecule has 0 unspecified atom stereocenters. The lowest BCUT2D eigenvalue weighted by molar-refractivity contribution is 0.0997. The average molecular weight is 484 g/mol. The number of fused-ring (bicyclic) bond motifs is 1. The number of aryl methyl sites for hydroxylation is 2. The molecule has 3 aromatic rings.